The van der Waals surface area contributed by atoms with Crippen LogP contribution < -0.4 is 10.6 Å². The fraction of sp³-hybridized carbons (Fsp3) is 0.500. The van der Waals surface area contributed by atoms with Crippen LogP contribution in [0, 0.1) is 0 Å². The molecule has 3 rings (SSSR count). The van der Waals surface area contributed by atoms with Gasteiger partial charge in [0.2, 0.25) is 0 Å². The van der Waals surface area contributed by atoms with Gasteiger partial charge in [0.1, 0.15) is 5.52 Å². The molecule has 0 spiro atoms. The van der Waals surface area contributed by atoms with E-state index in [1.54, 1.807) is 0 Å². The van der Waals surface area contributed by atoms with E-state index in [4.69, 9.17) is 10.2 Å². The van der Waals surface area contributed by atoms with E-state index >= 15 is 0 Å². The minimum atomic E-state index is 0.338. The first-order valence-corrected chi connectivity index (χ1v) is 7.57. The molecule has 1 aromatic carbocycles. The van der Waals surface area contributed by atoms with E-state index in [0.29, 0.717) is 4.75 Å². The van der Waals surface area contributed by atoms with Crippen molar-refractivity contribution in [2.75, 3.05) is 29.5 Å². The fourth-order valence-electron chi connectivity index (χ4n) is 2.28. The molecule has 2 heterocycles. The molecule has 0 aliphatic carbocycles. The van der Waals surface area contributed by atoms with E-state index in [1.165, 1.54) is 0 Å². The Labute approximate surface area is 117 Å². The molecule has 0 radical (unpaired) electrons. The summed E-state index contributed by atoms with van der Waals surface area (Å²) in [5.41, 5.74) is 8.14. The highest BCUT2D eigenvalue weighted by molar-refractivity contribution is 8.00. The number of anilines is 2. The monoisotopic (exact) mass is 277 g/mol. The minimum Gasteiger partial charge on any atom is -0.423 e. The second-order valence-corrected chi connectivity index (χ2v) is 7.37. The Balaban J connectivity index is 1.87. The Morgan fingerprint density at radius 3 is 3.05 bits per heavy atom. The van der Waals surface area contributed by atoms with Gasteiger partial charge in [-0.2, -0.15) is 16.7 Å². The van der Waals surface area contributed by atoms with Crippen LogP contribution in [-0.2, 0) is 0 Å². The average Bonchev–Trinajstić information content (AvgIpc) is 2.67. The van der Waals surface area contributed by atoms with Crippen LogP contribution in [0.5, 0.6) is 0 Å². The Kier molecular flexibility index (Phi) is 3.09. The van der Waals surface area contributed by atoms with Gasteiger partial charge in [-0.15, -0.1) is 0 Å². The van der Waals surface area contributed by atoms with Crippen molar-refractivity contribution < 1.29 is 4.42 Å². The molecule has 5 heteroatoms. The van der Waals surface area contributed by atoms with Crippen LogP contribution in [0.4, 0.5) is 11.7 Å². The van der Waals surface area contributed by atoms with Crippen LogP contribution in [0.2, 0.25) is 0 Å². The standard InChI is InChI=1S/C14H19N3OS/c1-14(2)5-6-17(7-8-19-14)13-16-11-9-10(15)3-4-12(11)18-13/h3-4,9H,5-8,15H2,1-2H3. The Hall–Kier alpha value is -1.36. The third-order valence-electron chi connectivity index (χ3n) is 3.51. The number of nitrogens with zero attached hydrogens (tertiary/aromatic N) is 2. The molecule has 2 aromatic rings. The topological polar surface area (TPSA) is 55.3 Å². The summed E-state index contributed by atoms with van der Waals surface area (Å²) in [6.07, 6.45) is 1.14. The highest BCUT2D eigenvalue weighted by Gasteiger charge is 2.25. The van der Waals surface area contributed by atoms with Gasteiger partial charge in [-0.1, -0.05) is 13.8 Å². The number of fused-ring (bicyclic) bond motifs is 1. The number of rotatable bonds is 1. The van der Waals surface area contributed by atoms with Crippen LogP contribution in [0.1, 0.15) is 20.3 Å². The first kappa shape index (κ1) is 12.7. The maximum atomic E-state index is 5.84. The molecule has 0 bridgehead atoms. The number of nitrogens with two attached hydrogens (primary N) is 1. The minimum absolute atomic E-state index is 0.338. The van der Waals surface area contributed by atoms with Crippen LogP contribution in [0.15, 0.2) is 22.6 Å². The van der Waals surface area contributed by atoms with Crippen LogP contribution in [0.25, 0.3) is 11.1 Å². The Morgan fingerprint density at radius 2 is 2.21 bits per heavy atom. The van der Waals surface area contributed by atoms with Crippen LogP contribution >= 0.6 is 11.8 Å². The molecule has 1 aliphatic heterocycles. The smallest absolute Gasteiger partial charge is 0.298 e. The van der Waals surface area contributed by atoms with E-state index in [-0.39, 0.29) is 0 Å². The zero-order valence-electron chi connectivity index (χ0n) is 11.3. The third kappa shape index (κ3) is 2.66. The zero-order valence-corrected chi connectivity index (χ0v) is 12.2. The van der Waals surface area contributed by atoms with E-state index in [9.17, 15) is 0 Å². The van der Waals surface area contributed by atoms with Crippen molar-refractivity contribution in [3.8, 4) is 0 Å². The average molecular weight is 277 g/mol. The highest BCUT2D eigenvalue weighted by Crippen LogP contribution is 2.33. The summed E-state index contributed by atoms with van der Waals surface area (Å²) in [5.74, 6) is 1.11. The number of aromatic nitrogens is 1. The number of nitrogen functional groups attached to an aromatic ring is 1. The van der Waals surface area contributed by atoms with Gasteiger partial charge in [-0.25, -0.2) is 0 Å². The summed E-state index contributed by atoms with van der Waals surface area (Å²) >= 11 is 2.02. The Morgan fingerprint density at radius 1 is 1.37 bits per heavy atom. The highest BCUT2D eigenvalue weighted by atomic mass is 32.2. The first-order valence-electron chi connectivity index (χ1n) is 6.58. The van der Waals surface area contributed by atoms with Crippen molar-refractivity contribution in [1.82, 2.24) is 4.98 Å². The van der Waals surface area contributed by atoms with Crippen molar-refractivity contribution in [2.45, 2.75) is 25.0 Å². The molecular weight excluding hydrogens is 258 g/mol. The number of benzene rings is 1. The van der Waals surface area contributed by atoms with E-state index in [1.807, 2.05) is 30.0 Å². The third-order valence-corrected chi connectivity index (χ3v) is 4.88. The van der Waals surface area contributed by atoms with Crippen molar-refractivity contribution in [2.24, 2.45) is 0 Å². The Bertz CT molecular complexity index is 593. The summed E-state index contributed by atoms with van der Waals surface area (Å²) < 4.78 is 6.17. The van der Waals surface area contributed by atoms with Crippen molar-refractivity contribution in [3.05, 3.63) is 18.2 Å². The molecule has 102 valence electrons. The molecule has 1 aromatic heterocycles. The maximum absolute atomic E-state index is 5.84. The van der Waals surface area contributed by atoms with E-state index in [0.717, 1.165) is 48.1 Å². The lowest BCUT2D eigenvalue weighted by Gasteiger charge is -2.21. The molecule has 1 fully saturated rings. The molecule has 0 unspecified atom stereocenters. The van der Waals surface area contributed by atoms with Gasteiger partial charge in [-0.05, 0) is 24.6 Å². The largest absolute Gasteiger partial charge is 0.423 e. The summed E-state index contributed by atoms with van der Waals surface area (Å²) in [5, 5.41) is 0. The SMILES string of the molecule is CC1(C)CCN(c2nc3cc(N)ccc3o2)CCS1. The predicted octanol–water partition coefficient (Wildman–Crippen LogP) is 3.13. The van der Waals surface area contributed by atoms with Crippen LogP contribution in [-0.4, -0.2) is 28.6 Å². The van der Waals surface area contributed by atoms with Crippen LogP contribution in [0.3, 0.4) is 0 Å². The molecular formula is C14H19N3OS. The van der Waals surface area contributed by atoms with Gasteiger partial charge in [0.15, 0.2) is 5.58 Å². The number of oxazole rings is 1. The van der Waals surface area contributed by atoms with Crippen molar-refractivity contribution in [3.63, 3.8) is 0 Å². The lowest BCUT2D eigenvalue weighted by atomic mass is 10.1. The molecule has 0 atom stereocenters. The summed E-state index contributed by atoms with van der Waals surface area (Å²) in [6, 6.07) is 6.31. The lowest BCUT2D eigenvalue weighted by Crippen LogP contribution is -2.27. The van der Waals surface area contributed by atoms with Gasteiger partial charge in [-0.3, -0.25) is 0 Å². The summed E-state index contributed by atoms with van der Waals surface area (Å²) in [4.78, 5) is 6.79. The van der Waals surface area contributed by atoms with E-state index < -0.39 is 0 Å². The summed E-state index contributed by atoms with van der Waals surface area (Å²) in [6.45, 7) is 6.57. The fourth-order valence-corrected chi connectivity index (χ4v) is 3.38. The predicted molar refractivity (Wildman–Crippen MR) is 81.8 cm³/mol. The molecule has 0 saturated carbocycles. The zero-order chi connectivity index (χ0) is 13.5. The van der Waals surface area contributed by atoms with Gasteiger partial charge >= 0.3 is 0 Å². The van der Waals surface area contributed by atoms with Crippen molar-refractivity contribution in [1.29, 1.82) is 0 Å². The normalized spacial score (nSPS) is 19.6. The lowest BCUT2D eigenvalue weighted by molar-refractivity contribution is 0.554. The van der Waals surface area contributed by atoms with Crippen molar-refractivity contribution >= 4 is 34.6 Å². The number of hydrogen-bond acceptors (Lipinski definition) is 5. The molecule has 1 saturated heterocycles. The molecule has 0 amide bonds. The van der Waals surface area contributed by atoms with E-state index in [2.05, 4.69) is 23.7 Å². The van der Waals surface area contributed by atoms with Gasteiger partial charge in [0.25, 0.3) is 6.01 Å². The second-order valence-electron chi connectivity index (χ2n) is 5.57. The first-order chi connectivity index (χ1) is 9.03. The quantitative estimate of drug-likeness (QED) is 0.812. The molecule has 2 N–H and O–H groups in total. The molecule has 19 heavy (non-hydrogen) atoms. The summed E-state index contributed by atoms with van der Waals surface area (Å²) in [7, 11) is 0. The van der Waals surface area contributed by atoms with Gasteiger partial charge < -0.3 is 15.1 Å². The second kappa shape index (κ2) is 4.63. The maximum Gasteiger partial charge on any atom is 0.298 e. The van der Waals surface area contributed by atoms with Gasteiger partial charge in [0.05, 0.1) is 0 Å². The number of thioether (sulfide) groups is 1. The molecule has 4 nitrogen and oxygen atoms in total. The molecule has 1 aliphatic rings. The van der Waals surface area contributed by atoms with Gasteiger partial charge in [0, 0.05) is 29.3 Å². The number of hydrogen-bond donors (Lipinski definition) is 1.